The molecule has 0 aliphatic heterocycles. The fourth-order valence-electron chi connectivity index (χ4n) is 0.837. The van der Waals surface area contributed by atoms with Crippen LogP contribution in [0.2, 0.25) is 0 Å². The van der Waals surface area contributed by atoms with Crippen LogP contribution in [0.5, 0.6) is 0 Å². The lowest BCUT2D eigenvalue weighted by Gasteiger charge is -1.98. The topological polar surface area (TPSA) is 34.1 Å². The van der Waals surface area contributed by atoms with Gasteiger partial charge in [-0.25, -0.2) is 13.2 Å². The molecule has 0 spiro atoms. The second-order valence-corrected chi connectivity index (χ2v) is 2.23. The highest BCUT2D eigenvalue weighted by Gasteiger charge is 2.17. The number of Topliss-reactive ketones (excluding diaryl/α,β-unsaturated/α-hetero) is 1. The molecule has 0 unspecified atom stereocenters. The smallest absolute Gasteiger partial charge is 0.231 e. The first-order valence-electron chi connectivity index (χ1n) is 3.20. The van der Waals surface area contributed by atoms with Gasteiger partial charge < -0.3 is 0 Å². The molecule has 5 heteroatoms. The van der Waals surface area contributed by atoms with E-state index in [1.807, 2.05) is 0 Å². The van der Waals surface area contributed by atoms with Crippen LogP contribution in [0.25, 0.3) is 0 Å². The average Bonchev–Trinajstić information content (AvgIpc) is 2.02. The highest BCUT2D eigenvalue weighted by Crippen LogP contribution is 2.14. The van der Waals surface area contributed by atoms with Crippen LogP contribution >= 0.6 is 0 Å². The third-order valence-corrected chi connectivity index (χ3v) is 1.36. The van der Waals surface area contributed by atoms with E-state index in [1.165, 1.54) is 0 Å². The first-order valence-corrected chi connectivity index (χ1v) is 3.20. The molecule has 0 amide bonds. The number of ketones is 1. The molecule has 0 atom stereocenters. The molecule has 0 heterocycles. The Bertz CT molecular complexity index is 351. The van der Waals surface area contributed by atoms with Crippen LogP contribution in [0.3, 0.4) is 0 Å². The minimum absolute atomic E-state index is 0.237. The zero-order valence-corrected chi connectivity index (χ0v) is 6.18. The lowest BCUT2D eigenvalue weighted by atomic mass is 10.1. The maximum absolute atomic E-state index is 12.7. The molecule has 0 saturated carbocycles. The van der Waals surface area contributed by atoms with Crippen molar-refractivity contribution in [1.82, 2.24) is 0 Å². The molecule has 1 aromatic carbocycles. The number of carbonyl (C=O) groups is 2. The summed E-state index contributed by atoms with van der Waals surface area (Å²) in [5.41, 5.74) is -1.03. The Morgan fingerprint density at radius 1 is 1.15 bits per heavy atom. The maximum Gasteiger partial charge on any atom is 0.231 e. The van der Waals surface area contributed by atoms with Crippen LogP contribution in [0.15, 0.2) is 12.1 Å². The van der Waals surface area contributed by atoms with E-state index in [9.17, 15) is 22.8 Å². The van der Waals surface area contributed by atoms with Gasteiger partial charge in [0.1, 0.15) is 17.5 Å². The van der Waals surface area contributed by atoms with Crippen molar-refractivity contribution in [2.45, 2.75) is 0 Å². The van der Waals surface area contributed by atoms with Crippen molar-refractivity contribution in [3.05, 3.63) is 35.1 Å². The van der Waals surface area contributed by atoms with Crippen molar-refractivity contribution in [2.75, 3.05) is 0 Å². The minimum atomic E-state index is -1.38. The van der Waals surface area contributed by atoms with E-state index in [0.29, 0.717) is 12.1 Å². The van der Waals surface area contributed by atoms with Gasteiger partial charge in [0, 0.05) is 12.1 Å². The van der Waals surface area contributed by atoms with Crippen molar-refractivity contribution in [3.63, 3.8) is 0 Å². The summed E-state index contributed by atoms with van der Waals surface area (Å²) in [4.78, 5) is 20.5. The Morgan fingerprint density at radius 2 is 1.62 bits per heavy atom. The van der Waals surface area contributed by atoms with Crippen LogP contribution < -0.4 is 0 Å². The molecule has 0 aromatic heterocycles. The fraction of sp³-hybridized carbons (Fsp3) is 0. The molecular formula is C8H3F3O2. The molecule has 0 aliphatic carbocycles. The standard InChI is InChI=1S/C8H3F3O2/c9-4-1-5(10)8(6(11)2-4)7(13)3-12/h1-3H. The van der Waals surface area contributed by atoms with Crippen molar-refractivity contribution in [1.29, 1.82) is 0 Å². The number of halogens is 3. The molecular weight excluding hydrogens is 185 g/mol. The molecule has 0 radical (unpaired) electrons. The summed E-state index contributed by atoms with van der Waals surface area (Å²) in [7, 11) is 0. The summed E-state index contributed by atoms with van der Waals surface area (Å²) >= 11 is 0. The zero-order valence-electron chi connectivity index (χ0n) is 6.18. The summed E-state index contributed by atoms with van der Waals surface area (Å²) in [6.45, 7) is 0. The second-order valence-electron chi connectivity index (χ2n) is 2.23. The number of carbonyl (C=O) groups excluding carboxylic acids is 2. The average molecular weight is 188 g/mol. The quantitative estimate of drug-likeness (QED) is 0.400. The van der Waals surface area contributed by atoms with Gasteiger partial charge in [0.05, 0.1) is 5.56 Å². The Balaban J connectivity index is 3.36. The summed E-state index contributed by atoms with van der Waals surface area (Å²) in [5, 5.41) is 0. The monoisotopic (exact) mass is 188 g/mol. The first kappa shape index (κ1) is 9.44. The molecule has 68 valence electrons. The third kappa shape index (κ3) is 1.74. The van der Waals surface area contributed by atoms with E-state index >= 15 is 0 Å². The predicted molar refractivity (Wildman–Crippen MR) is 36.7 cm³/mol. The molecule has 0 N–H and O–H groups in total. The number of benzene rings is 1. The van der Waals surface area contributed by atoms with E-state index in [-0.39, 0.29) is 6.29 Å². The Morgan fingerprint density at radius 3 is 2.00 bits per heavy atom. The molecule has 0 bridgehead atoms. The van der Waals surface area contributed by atoms with Crippen molar-refractivity contribution < 1.29 is 22.8 Å². The van der Waals surface area contributed by atoms with E-state index in [1.54, 1.807) is 0 Å². The molecule has 0 saturated heterocycles. The predicted octanol–water partition coefficient (Wildman–Crippen LogP) is 1.49. The lowest BCUT2D eigenvalue weighted by molar-refractivity contribution is -0.104. The highest BCUT2D eigenvalue weighted by atomic mass is 19.1. The van der Waals surface area contributed by atoms with Gasteiger partial charge in [-0.3, -0.25) is 9.59 Å². The van der Waals surface area contributed by atoms with Crippen LogP contribution in [0.4, 0.5) is 13.2 Å². The SMILES string of the molecule is O=CC(=O)c1c(F)cc(F)cc1F. The summed E-state index contributed by atoms with van der Waals surface area (Å²) in [6.07, 6.45) is -0.237. The van der Waals surface area contributed by atoms with Gasteiger partial charge in [0.15, 0.2) is 6.29 Å². The zero-order chi connectivity index (χ0) is 10.0. The van der Waals surface area contributed by atoms with E-state index in [2.05, 4.69) is 0 Å². The third-order valence-electron chi connectivity index (χ3n) is 1.36. The second kappa shape index (κ2) is 3.38. The summed E-state index contributed by atoms with van der Waals surface area (Å²) in [5.74, 6) is -5.25. The van der Waals surface area contributed by atoms with Gasteiger partial charge in [-0.1, -0.05) is 0 Å². The van der Waals surface area contributed by atoms with E-state index in [0.717, 1.165) is 0 Å². The number of rotatable bonds is 2. The molecule has 0 fully saturated rings. The molecule has 0 aliphatic rings. The minimum Gasteiger partial charge on any atom is -0.294 e. The van der Waals surface area contributed by atoms with Crippen molar-refractivity contribution in [3.8, 4) is 0 Å². The van der Waals surface area contributed by atoms with Gasteiger partial charge in [-0.2, -0.15) is 0 Å². The number of aldehydes is 1. The Kier molecular flexibility index (Phi) is 2.46. The van der Waals surface area contributed by atoms with Crippen molar-refractivity contribution in [2.24, 2.45) is 0 Å². The molecule has 13 heavy (non-hydrogen) atoms. The van der Waals surface area contributed by atoms with E-state index < -0.39 is 28.8 Å². The first-order chi connectivity index (χ1) is 6.06. The van der Waals surface area contributed by atoms with Crippen LogP contribution in [0, 0.1) is 17.5 Å². The van der Waals surface area contributed by atoms with Crippen LogP contribution in [-0.2, 0) is 4.79 Å². The molecule has 1 rings (SSSR count). The van der Waals surface area contributed by atoms with Gasteiger partial charge in [0.25, 0.3) is 0 Å². The molecule has 2 nitrogen and oxygen atoms in total. The van der Waals surface area contributed by atoms with Gasteiger partial charge in [-0.05, 0) is 0 Å². The fourth-order valence-corrected chi connectivity index (χ4v) is 0.837. The Labute approximate surface area is 71.0 Å². The number of hydrogen-bond donors (Lipinski definition) is 0. The van der Waals surface area contributed by atoms with Crippen molar-refractivity contribution >= 4 is 12.1 Å². The summed E-state index contributed by atoms with van der Waals surface area (Å²) in [6, 6.07) is 0.666. The van der Waals surface area contributed by atoms with Crippen LogP contribution in [-0.4, -0.2) is 12.1 Å². The summed E-state index contributed by atoms with van der Waals surface area (Å²) < 4.78 is 37.7. The Hall–Kier alpha value is -1.65. The van der Waals surface area contributed by atoms with E-state index in [4.69, 9.17) is 0 Å². The molecule has 1 aromatic rings. The lowest BCUT2D eigenvalue weighted by Crippen LogP contribution is -2.07. The van der Waals surface area contributed by atoms with Crippen LogP contribution in [0.1, 0.15) is 10.4 Å². The maximum atomic E-state index is 12.7. The van der Waals surface area contributed by atoms with Gasteiger partial charge in [-0.15, -0.1) is 0 Å². The normalized spacial score (nSPS) is 9.77. The van der Waals surface area contributed by atoms with Gasteiger partial charge >= 0.3 is 0 Å². The largest absolute Gasteiger partial charge is 0.294 e. The highest BCUT2D eigenvalue weighted by molar-refractivity contribution is 6.33. The number of hydrogen-bond acceptors (Lipinski definition) is 2. The van der Waals surface area contributed by atoms with Gasteiger partial charge in [0.2, 0.25) is 5.78 Å².